The van der Waals surface area contributed by atoms with Crippen LogP contribution in [0.5, 0.6) is 0 Å². The van der Waals surface area contributed by atoms with E-state index in [1.807, 2.05) is 35.2 Å². The van der Waals surface area contributed by atoms with E-state index in [0.29, 0.717) is 12.5 Å². The molecule has 1 atom stereocenters. The highest BCUT2D eigenvalue weighted by molar-refractivity contribution is 5.80. The molecule has 24 heavy (non-hydrogen) atoms. The molecule has 2 aromatic rings. The molecule has 3 rings (SSSR count). The van der Waals surface area contributed by atoms with Crippen LogP contribution >= 0.6 is 0 Å². The minimum Gasteiger partial charge on any atom is -0.341 e. The van der Waals surface area contributed by atoms with Crippen molar-refractivity contribution in [2.45, 2.75) is 31.3 Å². The number of carbonyl (C=O) groups excluding carboxylic acids is 1. The first-order valence-corrected chi connectivity index (χ1v) is 8.37. The fourth-order valence-electron chi connectivity index (χ4n) is 3.26. The summed E-state index contributed by atoms with van der Waals surface area (Å²) in [6.45, 7) is 1.57. The van der Waals surface area contributed by atoms with Crippen molar-refractivity contribution < 1.29 is 4.79 Å². The average molecular weight is 328 g/mol. The summed E-state index contributed by atoms with van der Waals surface area (Å²) >= 11 is 0. The second-order valence-electron chi connectivity index (χ2n) is 6.52. The number of likely N-dealkylation sites (tertiary alicyclic amines) is 1. The average Bonchev–Trinajstić information content (AvgIpc) is 3.14. The van der Waals surface area contributed by atoms with Gasteiger partial charge in [-0.25, -0.2) is 4.68 Å². The van der Waals surface area contributed by atoms with Crippen molar-refractivity contribution in [3.05, 3.63) is 42.2 Å². The minimum atomic E-state index is -0.390. The predicted molar refractivity (Wildman–Crippen MR) is 90.3 cm³/mol. The van der Waals surface area contributed by atoms with Crippen molar-refractivity contribution in [2.24, 2.45) is 0 Å². The molecule has 0 aliphatic carbocycles. The number of amides is 1. The second kappa shape index (κ2) is 7.53. The Kier molecular flexibility index (Phi) is 5.20. The molecule has 0 N–H and O–H groups in total. The SMILES string of the molecule is CN(C)C1CCN(C(=O)[C@@H](Cc2ccccc2)n2cnnn2)CC1. The van der Waals surface area contributed by atoms with Gasteiger partial charge in [0.2, 0.25) is 5.91 Å². The number of benzene rings is 1. The van der Waals surface area contributed by atoms with Gasteiger partial charge in [0, 0.05) is 25.6 Å². The third kappa shape index (κ3) is 3.79. The van der Waals surface area contributed by atoms with Crippen LogP contribution in [0.25, 0.3) is 0 Å². The van der Waals surface area contributed by atoms with Gasteiger partial charge in [-0.2, -0.15) is 0 Å². The van der Waals surface area contributed by atoms with Gasteiger partial charge in [-0.1, -0.05) is 30.3 Å². The minimum absolute atomic E-state index is 0.100. The smallest absolute Gasteiger partial charge is 0.247 e. The maximum atomic E-state index is 13.1. The first-order chi connectivity index (χ1) is 11.6. The molecule has 128 valence electrons. The highest BCUT2D eigenvalue weighted by Crippen LogP contribution is 2.20. The summed E-state index contributed by atoms with van der Waals surface area (Å²) in [6.07, 6.45) is 4.13. The van der Waals surface area contributed by atoms with Crippen molar-refractivity contribution in [2.75, 3.05) is 27.2 Å². The lowest BCUT2D eigenvalue weighted by atomic mass is 10.0. The third-order valence-corrected chi connectivity index (χ3v) is 4.75. The van der Waals surface area contributed by atoms with Crippen molar-refractivity contribution in [3.8, 4) is 0 Å². The van der Waals surface area contributed by atoms with Gasteiger partial charge >= 0.3 is 0 Å². The van der Waals surface area contributed by atoms with E-state index in [4.69, 9.17) is 0 Å². The molecule has 1 aromatic heterocycles. The van der Waals surface area contributed by atoms with Gasteiger partial charge in [0.1, 0.15) is 12.4 Å². The van der Waals surface area contributed by atoms with Crippen molar-refractivity contribution in [3.63, 3.8) is 0 Å². The fraction of sp³-hybridized carbons (Fsp3) is 0.529. The van der Waals surface area contributed by atoms with Crippen molar-refractivity contribution >= 4 is 5.91 Å². The topological polar surface area (TPSA) is 67.2 Å². The Balaban J connectivity index is 1.73. The second-order valence-corrected chi connectivity index (χ2v) is 6.52. The van der Waals surface area contributed by atoms with Crippen molar-refractivity contribution in [1.82, 2.24) is 30.0 Å². The number of piperidine rings is 1. The summed E-state index contributed by atoms with van der Waals surface area (Å²) < 4.78 is 1.58. The number of carbonyl (C=O) groups is 1. The van der Waals surface area contributed by atoms with E-state index in [2.05, 4.69) is 34.5 Å². The van der Waals surface area contributed by atoms with Gasteiger partial charge in [0.15, 0.2) is 0 Å². The predicted octanol–water partition coefficient (Wildman–Crippen LogP) is 1.01. The van der Waals surface area contributed by atoms with Gasteiger partial charge in [-0.05, 0) is 42.9 Å². The monoisotopic (exact) mass is 328 g/mol. The van der Waals surface area contributed by atoms with Crippen LogP contribution in [0.1, 0.15) is 24.4 Å². The zero-order valence-corrected chi connectivity index (χ0v) is 14.2. The molecule has 7 nitrogen and oxygen atoms in total. The number of rotatable bonds is 5. The molecular formula is C17H24N6O. The number of aromatic nitrogens is 4. The summed E-state index contributed by atoms with van der Waals surface area (Å²) in [7, 11) is 4.20. The van der Waals surface area contributed by atoms with E-state index < -0.39 is 6.04 Å². The van der Waals surface area contributed by atoms with Crippen LogP contribution in [-0.4, -0.2) is 69.1 Å². The third-order valence-electron chi connectivity index (χ3n) is 4.75. The maximum Gasteiger partial charge on any atom is 0.247 e. The van der Waals surface area contributed by atoms with Gasteiger partial charge in [-0.3, -0.25) is 4.79 Å². The number of hydrogen-bond donors (Lipinski definition) is 0. The first kappa shape index (κ1) is 16.6. The maximum absolute atomic E-state index is 13.1. The normalized spacial score (nSPS) is 17.2. The Labute approximate surface area is 142 Å². The Morgan fingerprint density at radius 3 is 2.54 bits per heavy atom. The van der Waals surface area contributed by atoms with Crippen LogP contribution in [0.4, 0.5) is 0 Å². The summed E-state index contributed by atoms with van der Waals surface area (Å²) in [4.78, 5) is 17.3. The molecule has 1 aliphatic rings. The van der Waals surface area contributed by atoms with Crippen LogP contribution in [0.15, 0.2) is 36.7 Å². The number of nitrogens with zero attached hydrogens (tertiary/aromatic N) is 6. The van der Waals surface area contributed by atoms with E-state index in [9.17, 15) is 4.79 Å². The summed E-state index contributed by atoms with van der Waals surface area (Å²) in [5.74, 6) is 0.100. The lowest BCUT2D eigenvalue weighted by Crippen LogP contribution is -2.47. The Bertz CT molecular complexity index is 634. The molecule has 7 heteroatoms. The lowest BCUT2D eigenvalue weighted by Gasteiger charge is -2.36. The molecule has 0 unspecified atom stereocenters. The zero-order valence-electron chi connectivity index (χ0n) is 14.2. The number of hydrogen-bond acceptors (Lipinski definition) is 5. The van der Waals surface area contributed by atoms with Gasteiger partial charge < -0.3 is 9.80 Å². The van der Waals surface area contributed by atoms with E-state index >= 15 is 0 Å². The standard InChI is InChI=1S/C17H24N6O/c1-21(2)15-8-10-22(11-9-15)17(24)16(23-13-18-19-20-23)12-14-6-4-3-5-7-14/h3-7,13,15-16H,8-12H2,1-2H3/t16-/m1/s1. The van der Waals surface area contributed by atoms with Crippen LogP contribution in [0, 0.1) is 0 Å². The molecule has 1 amide bonds. The van der Waals surface area contributed by atoms with Gasteiger partial charge in [-0.15, -0.1) is 5.10 Å². The molecule has 1 fully saturated rings. The molecular weight excluding hydrogens is 304 g/mol. The molecule has 2 heterocycles. The van der Waals surface area contributed by atoms with Crippen LogP contribution < -0.4 is 0 Å². The van der Waals surface area contributed by atoms with E-state index in [0.717, 1.165) is 31.5 Å². The Morgan fingerprint density at radius 2 is 1.96 bits per heavy atom. The molecule has 1 saturated heterocycles. The summed E-state index contributed by atoms with van der Waals surface area (Å²) in [6, 6.07) is 10.2. The first-order valence-electron chi connectivity index (χ1n) is 8.37. The fourth-order valence-corrected chi connectivity index (χ4v) is 3.26. The summed E-state index contributed by atoms with van der Waals surface area (Å²) in [5, 5.41) is 11.4. The lowest BCUT2D eigenvalue weighted by molar-refractivity contribution is -0.136. The molecule has 0 radical (unpaired) electrons. The summed E-state index contributed by atoms with van der Waals surface area (Å²) in [5.41, 5.74) is 1.11. The zero-order chi connectivity index (χ0) is 16.9. The molecule has 1 aliphatic heterocycles. The van der Waals surface area contributed by atoms with E-state index in [1.165, 1.54) is 6.33 Å². The van der Waals surface area contributed by atoms with Crippen LogP contribution in [-0.2, 0) is 11.2 Å². The highest BCUT2D eigenvalue weighted by Gasteiger charge is 2.30. The quantitative estimate of drug-likeness (QED) is 0.819. The number of tetrazole rings is 1. The largest absolute Gasteiger partial charge is 0.341 e. The Morgan fingerprint density at radius 1 is 1.25 bits per heavy atom. The van der Waals surface area contributed by atoms with E-state index in [-0.39, 0.29) is 5.91 Å². The molecule has 1 aromatic carbocycles. The van der Waals surface area contributed by atoms with E-state index in [1.54, 1.807) is 4.68 Å². The Hall–Kier alpha value is -2.28. The van der Waals surface area contributed by atoms with Crippen LogP contribution in [0.3, 0.4) is 0 Å². The van der Waals surface area contributed by atoms with Gasteiger partial charge in [0.25, 0.3) is 0 Å². The van der Waals surface area contributed by atoms with Gasteiger partial charge in [0.05, 0.1) is 0 Å². The molecule has 0 bridgehead atoms. The molecule has 0 saturated carbocycles. The molecule has 0 spiro atoms. The highest BCUT2D eigenvalue weighted by atomic mass is 16.2. The van der Waals surface area contributed by atoms with Crippen molar-refractivity contribution in [1.29, 1.82) is 0 Å². The van der Waals surface area contributed by atoms with Crippen LogP contribution in [0.2, 0.25) is 0 Å².